The summed E-state index contributed by atoms with van der Waals surface area (Å²) in [5.74, 6) is 0.0182. The molecule has 2 aromatic heterocycles. The van der Waals surface area contributed by atoms with Crippen molar-refractivity contribution in [1.82, 2.24) is 9.88 Å². The number of carbonyl (C=O) groups is 2. The lowest BCUT2D eigenvalue weighted by molar-refractivity contribution is -0.148. The van der Waals surface area contributed by atoms with Crippen molar-refractivity contribution < 1.29 is 19.1 Å². The highest BCUT2D eigenvalue weighted by molar-refractivity contribution is 7.10. The van der Waals surface area contributed by atoms with Gasteiger partial charge in [-0.2, -0.15) is 0 Å². The van der Waals surface area contributed by atoms with E-state index >= 15 is 0 Å². The largest absolute Gasteiger partial charge is 0.487 e. The zero-order valence-corrected chi connectivity index (χ0v) is 18.4. The molecule has 1 saturated heterocycles. The highest BCUT2D eigenvalue weighted by Gasteiger charge is 2.30. The van der Waals surface area contributed by atoms with Gasteiger partial charge in [-0.05, 0) is 60.2 Å². The number of amides is 1. The third-order valence-electron chi connectivity index (χ3n) is 5.19. The number of nitrogens with zero attached hydrogens (tertiary/aromatic N) is 2. The first-order valence-electron chi connectivity index (χ1n) is 10.5. The monoisotopic (exact) mass is 448 g/mol. The molecule has 0 saturated carbocycles. The number of hydrogen-bond acceptors (Lipinski definition) is 6. The van der Waals surface area contributed by atoms with E-state index in [1.807, 2.05) is 64.9 Å². The summed E-state index contributed by atoms with van der Waals surface area (Å²) in [4.78, 5) is 31.8. The first-order chi connectivity index (χ1) is 15.7. The summed E-state index contributed by atoms with van der Waals surface area (Å²) in [7, 11) is 0. The summed E-state index contributed by atoms with van der Waals surface area (Å²) < 4.78 is 10.9. The molecule has 1 fully saturated rings. The number of hydrogen-bond donors (Lipinski definition) is 0. The molecular formula is C25H24N2O4S. The van der Waals surface area contributed by atoms with Crippen molar-refractivity contribution in [2.24, 2.45) is 0 Å². The predicted octanol–water partition coefficient (Wildman–Crippen LogP) is 4.64. The van der Waals surface area contributed by atoms with Crippen LogP contribution in [0.3, 0.4) is 0 Å². The molecule has 4 rings (SSSR count). The lowest BCUT2D eigenvalue weighted by atomic mass is 10.2. The van der Waals surface area contributed by atoms with Crippen LogP contribution in [0.4, 0.5) is 0 Å². The maximum atomic E-state index is 12.5. The van der Waals surface area contributed by atoms with Crippen molar-refractivity contribution in [3.63, 3.8) is 0 Å². The number of likely N-dealkylation sites (tertiary alicyclic amines) is 1. The van der Waals surface area contributed by atoms with Gasteiger partial charge < -0.3 is 14.4 Å². The second-order valence-electron chi connectivity index (χ2n) is 7.38. The predicted molar refractivity (Wildman–Crippen MR) is 123 cm³/mol. The van der Waals surface area contributed by atoms with Crippen LogP contribution < -0.4 is 4.74 Å². The van der Waals surface area contributed by atoms with Gasteiger partial charge in [-0.25, -0.2) is 4.79 Å². The molecule has 1 atom stereocenters. The Kier molecular flexibility index (Phi) is 7.30. The Morgan fingerprint density at radius 2 is 2.00 bits per heavy atom. The Morgan fingerprint density at radius 3 is 2.75 bits per heavy atom. The van der Waals surface area contributed by atoms with Crippen molar-refractivity contribution >= 4 is 29.3 Å². The number of pyridine rings is 1. The number of ether oxygens (including phenoxy) is 2. The Hall–Kier alpha value is -3.45. The molecule has 6 nitrogen and oxygen atoms in total. The molecule has 3 aromatic rings. The molecule has 0 aliphatic carbocycles. The molecule has 1 aromatic carbocycles. The van der Waals surface area contributed by atoms with Crippen LogP contribution in [0.5, 0.6) is 5.75 Å². The number of thiophene rings is 1. The smallest absolute Gasteiger partial charge is 0.331 e. The summed E-state index contributed by atoms with van der Waals surface area (Å²) in [6.07, 6.45) is 6.62. The lowest BCUT2D eigenvalue weighted by Crippen LogP contribution is -2.33. The number of benzene rings is 1. The molecule has 32 heavy (non-hydrogen) atoms. The quantitative estimate of drug-likeness (QED) is 0.371. The van der Waals surface area contributed by atoms with Crippen LogP contribution in [0.25, 0.3) is 6.08 Å². The molecule has 0 N–H and O–H groups in total. The van der Waals surface area contributed by atoms with Crippen molar-refractivity contribution in [3.05, 3.63) is 88.4 Å². The Labute approximate surface area is 191 Å². The van der Waals surface area contributed by atoms with E-state index < -0.39 is 5.97 Å². The van der Waals surface area contributed by atoms with E-state index in [9.17, 15) is 9.59 Å². The minimum Gasteiger partial charge on any atom is -0.487 e. The molecule has 164 valence electrons. The van der Waals surface area contributed by atoms with Crippen LogP contribution in [-0.4, -0.2) is 34.9 Å². The van der Waals surface area contributed by atoms with Crippen LogP contribution in [0.2, 0.25) is 0 Å². The Balaban J connectivity index is 1.23. The summed E-state index contributed by atoms with van der Waals surface area (Å²) >= 11 is 1.65. The minimum atomic E-state index is -0.541. The van der Waals surface area contributed by atoms with E-state index in [4.69, 9.17) is 9.47 Å². The molecule has 1 aliphatic rings. The average Bonchev–Trinajstić information content (AvgIpc) is 3.53. The molecule has 0 bridgehead atoms. The zero-order chi connectivity index (χ0) is 22.2. The first-order valence-corrected chi connectivity index (χ1v) is 11.4. The Bertz CT molecular complexity index is 1050. The van der Waals surface area contributed by atoms with Gasteiger partial charge in [0, 0.05) is 23.7 Å². The minimum absolute atomic E-state index is 0.0927. The molecular weight excluding hydrogens is 424 g/mol. The topological polar surface area (TPSA) is 68.7 Å². The fourth-order valence-corrected chi connectivity index (χ4v) is 4.46. The highest BCUT2D eigenvalue weighted by atomic mass is 32.1. The van der Waals surface area contributed by atoms with Gasteiger partial charge >= 0.3 is 5.97 Å². The van der Waals surface area contributed by atoms with Crippen molar-refractivity contribution in [1.29, 1.82) is 0 Å². The second kappa shape index (κ2) is 10.7. The van der Waals surface area contributed by atoms with Gasteiger partial charge in [0.25, 0.3) is 5.91 Å². The molecule has 0 radical (unpaired) electrons. The number of rotatable bonds is 8. The molecule has 0 spiro atoms. The number of esters is 1. The third kappa shape index (κ3) is 5.82. The van der Waals surface area contributed by atoms with Gasteiger partial charge in [-0.3, -0.25) is 9.78 Å². The van der Waals surface area contributed by atoms with Gasteiger partial charge in [-0.15, -0.1) is 11.3 Å². The number of carbonyl (C=O) groups excluding carboxylic acids is 2. The second-order valence-corrected chi connectivity index (χ2v) is 8.36. The maximum Gasteiger partial charge on any atom is 0.331 e. The fourth-order valence-electron chi connectivity index (χ4n) is 3.59. The van der Waals surface area contributed by atoms with Gasteiger partial charge in [0.15, 0.2) is 6.61 Å². The SMILES string of the molecule is O=C(/C=C/c1ccc(OCc2ccccn2)cc1)OCC(=O)N1CCCC1c1cccs1. The maximum absolute atomic E-state index is 12.5. The average molecular weight is 449 g/mol. The van der Waals surface area contributed by atoms with Gasteiger partial charge in [0.05, 0.1) is 11.7 Å². The zero-order valence-electron chi connectivity index (χ0n) is 17.6. The van der Waals surface area contributed by atoms with Crippen LogP contribution in [0, 0.1) is 0 Å². The number of aromatic nitrogens is 1. The summed E-state index contributed by atoms with van der Waals surface area (Å²) in [5.41, 5.74) is 1.68. The first kappa shape index (κ1) is 21.8. The Morgan fingerprint density at radius 1 is 1.12 bits per heavy atom. The molecule has 1 unspecified atom stereocenters. The van der Waals surface area contributed by atoms with Crippen LogP contribution >= 0.6 is 11.3 Å². The molecule has 1 aliphatic heterocycles. The molecule has 1 amide bonds. The fraction of sp³-hybridized carbons (Fsp3) is 0.240. The van der Waals surface area contributed by atoms with E-state index in [0.717, 1.165) is 24.1 Å². The standard InChI is InChI=1S/C25H24N2O4S/c28-24(27-15-3-6-22(27)23-7-4-16-32-23)18-31-25(29)13-10-19-8-11-21(12-9-19)30-17-20-5-1-2-14-26-20/h1-2,4-5,7-14,16,22H,3,6,15,17-18H2/b13-10+. The van der Waals surface area contributed by atoms with Crippen molar-refractivity contribution in [2.45, 2.75) is 25.5 Å². The van der Waals surface area contributed by atoms with E-state index in [2.05, 4.69) is 4.98 Å². The van der Waals surface area contributed by atoms with E-state index in [0.29, 0.717) is 18.9 Å². The molecule has 3 heterocycles. The summed E-state index contributed by atoms with van der Waals surface area (Å²) in [6, 6.07) is 17.2. The van der Waals surface area contributed by atoms with Crippen LogP contribution in [-0.2, 0) is 20.9 Å². The van der Waals surface area contributed by atoms with Gasteiger partial charge in [0.2, 0.25) is 0 Å². The van der Waals surface area contributed by atoms with Gasteiger partial charge in [-0.1, -0.05) is 24.3 Å². The lowest BCUT2D eigenvalue weighted by Gasteiger charge is -2.23. The van der Waals surface area contributed by atoms with Crippen molar-refractivity contribution in [3.8, 4) is 5.75 Å². The van der Waals surface area contributed by atoms with E-state index in [1.54, 1.807) is 23.6 Å². The van der Waals surface area contributed by atoms with Crippen molar-refractivity contribution in [2.75, 3.05) is 13.2 Å². The van der Waals surface area contributed by atoms with Crippen LogP contribution in [0.1, 0.15) is 35.0 Å². The summed E-state index contributed by atoms with van der Waals surface area (Å²) in [5, 5.41) is 2.01. The highest BCUT2D eigenvalue weighted by Crippen LogP contribution is 2.34. The normalized spacial score (nSPS) is 15.8. The third-order valence-corrected chi connectivity index (χ3v) is 6.16. The van der Waals surface area contributed by atoms with Crippen LogP contribution in [0.15, 0.2) is 72.3 Å². The molecule has 7 heteroatoms. The van der Waals surface area contributed by atoms with Gasteiger partial charge in [0.1, 0.15) is 12.4 Å². The van der Waals surface area contributed by atoms with E-state index in [-0.39, 0.29) is 18.6 Å². The summed E-state index contributed by atoms with van der Waals surface area (Å²) in [6.45, 7) is 0.843. The van der Waals surface area contributed by atoms with E-state index in [1.165, 1.54) is 11.0 Å².